The molecule has 0 aliphatic heterocycles. The van der Waals surface area contributed by atoms with Crippen LogP contribution in [0, 0.1) is 16.7 Å². The Labute approximate surface area is 181 Å². The molecule has 0 fully saturated rings. The fourth-order valence-electron chi connectivity index (χ4n) is 3.58. The molecular formula is C25H24N4O2. The number of fused-ring (bicyclic) bond motifs is 1. The van der Waals surface area contributed by atoms with E-state index in [1.165, 1.54) is 0 Å². The predicted octanol–water partition coefficient (Wildman–Crippen LogP) is 5.11. The van der Waals surface area contributed by atoms with Crippen LogP contribution in [-0.4, -0.2) is 14.1 Å². The first-order valence-corrected chi connectivity index (χ1v) is 10.1. The van der Waals surface area contributed by atoms with E-state index in [-0.39, 0.29) is 11.1 Å². The summed E-state index contributed by atoms with van der Waals surface area (Å²) in [6.07, 6.45) is 1.70. The number of aryl methyl sites for hydroxylation is 1. The Bertz CT molecular complexity index is 1350. The van der Waals surface area contributed by atoms with Crippen LogP contribution in [0.25, 0.3) is 22.2 Å². The number of nitrogens with zero attached hydrogens (tertiary/aromatic N) is 4. The Morgan fingerprint density at radius 3 is 2.39 bits per heavy atom. The number of hydrogen-bond acceptors (Lipinski definition) is 4. The van der Waals surface area contributed by atoms with Crippen molar-refractivity contribution in [1.29, 1.82) is 5.26 Å². The van der Waals surface area contributed by atoms with Gasteiger partial charge in [0.2, 0.25) is 5.88 Å². The Morgan fingerprint density at radius 1 is 1.00 bits per heavy atom. The molecule has 0 N–H and O–H groups in total. The van der Waals surface area contributed by atoms with Gasteiger partial charge in [-0.2, -0.15) is 5.26 Å². The molecule has 0 unspecified atom stereocenters. The van der Waals surface area contributed by atoms with Crippen molar-refractivity contribution in [1.82, 2.24) is 14.1 Å². The van der Waals surface area contributed by atoms with Crippen LogP contribution in [0.4, 0.5) is 0 Å². The molecule has 0 saturated carbocycles. The zero-order valence-corrected chi connectivity index (χ0v) is 18.1. The zero-order chi connectivity index (χ0) is 22.2. The molecule has 0 spiro atoms. The number of benzene rings is 2. The van der Waals surface area contributed by atoms with Gasteiger partial charge in [-0.3, -0.25) is 9.13 Å². The molecule has 6 heteroatoms. The molecule has 0 bridgehead atoms. The van der Waals surface area contributed by atoms with Crippen LogP contribution in [0.3, 0.4) is 0 Å². The van der Waals surface area contributed by atoms with E-state index in [1.807, 2.05) is 34.9 Å². The molecule has 0 amide bonds. The highest BCUT2D eigenvalue weighted by atomic mass is 16.5. The molecule has 2 aromatic heterocycles. The van der Waals surface area contributed by atoms with Gasteiger partial charge in [0, 0.05) is 25.9 Å². The third-order valence-corrected chi connectivity index (χ3v) is 5.05. The van der Waals surface area contributed by atoms with E-state index in [9.17, 15) is 4.79 Å². The topological polar surface area (TPSA) is 72.8 Å². The van der Waals surface area contributed by atoms with Crippen molar-refractivity contribution >= 4 is 11.0 Å². The standard InChI is InChI=1S/C25H24N4O2/c1-25(2,3)16-29-21-10-7-18(13-22(21)28(4)24(29)30)19-11-12-27-23(14-19)31-20-8-5-17(15-26)6-9-20/h5-14H,16H2,1-4H3. The van der Waals surface area contributed by atoms with E-state index in [4.69, 9.17) is 10.00 Å². The molecule has 4 rings (SSSR count). The average molecular weight is 412 g/mol. The number of pyridine rings is 1. The number of hydrogen-bond donors (Lipinski definition) is 0. The van der Waals surface area contributed by atoms with Gasteiger partial charge >= 0.3 is 5.69 Å². The Morgan fingerprint density at radius 2 is 1.71 bits per heavy atom. The quantitative estimate of drug-likeness (QED) is 0.467. The monoisotopic (exact) mass is 412 g/mol. The maximum absolute atomic E-state index is 12.8. The minimum atomic E-state index is -0.0124. The van der Waals surface area contributed by atoms with E-state index in [0.717, 1.165) is 22.2 Å². The molecule has 0 radical (unpaired) electrons. The zero-order valence-electron chi connectivity index (χ0n) is 18.1. The minimum absolute atomic E-state index is 0.000433. The van der Waals surface area contributed by atoms with Crippen LogP contribution in [0.15, 0.2) is 65.6 Å². The highest BCUT2D eigenvalue weighted by molar-refractivity contribution is 5.82. The van der Waals surface area contributed by atoms with E-state index in [1.54, 1.807) is 42.1 Å². The number of imidazole rings is 1. The van der Waals surface area contributed by atoms with Crippen LogP contribution >= 0.6 is 0 Å². The fourth-order valence-corrected chi connectivity index (χ4v) is 3.58. The normalized spacial score (nSPS) is 11.5. The molecule has 2 aromatic carbocycles. The number of nitriles is 1. The first kappa shape index (κ1) is 20.4. The van der Waals surface area contributed by atoms with E-state index in [0.29, 0.717) is 23.7 Å². The summed E-state index contributed by atoms with van der Waals surface area (Å²) in [5.74, 6) is 1.07. The van der Waals surface area contributed by atoms with Crippen molar-refractivity contribution in [2.24, 2.45) is 12.5 Å². The van der Waals surface area contributed by atoms with Gasteiger partial charge < -0.3 is 4.74 Å². The first-order valence-electron chi connectivity index (χ1n) is 10.1. The van der Waals surface area contributed by atoms with Gasteiger partial charge in [0.15, 0.2) is 0 Å². The largest absolute Gasteiger partial charge is 0.439 e. The van der Waals surface area contributed by atoms with Gasteiger partial charge in [0.25, 0.3) is 0 Å². The van der Waals surface area contributed by atoms with E-state index in [2.05, 4.69) is 31.8 Å². The molecule has 2 heterocycles. The smallest absolute Gasteiger partial charge is 0.328 e. The second-order valence-corrected chi connectivity index (χ2v) is 8.81. The predicted molar refractivity (Wildman–Crippen MR) is 121 cm³/mol. The average Bonchev–Trinajstić information content (AvgIpc) is 2.98. The van der Waals surface area contributed by atoms with Crippen LogP contribution in [0.2, 0.25) is 0 Å². The van der Waals surface area contributed by atoms with Crippen LogP contribution in [-0.2, 0) is 13.6 Å². The summed E-state index contributed by atoms with van der Waals surface area (Å²) in [6.45, 7) is 7.03. The Hall–Kier alpha value is -3.85. The number of ether oxygens (including phenoxy) is 1. The van der Waals surface area contributed by atoms with Crippen molar-refractivity contribution in [2.75, 3.05) is 0 Å². The van der Waals surface area contributed by atoms with Gasteiger partial charge in [0.1, 0.15) is 5.75 Å². The van der Waals surface area contributed by atoms with Crippen molar-refractivity contribution < 1.29 is 4.74 Å². The molecular weight excluding hydrogens is 388 g/mol. The van der Waals surface area contributed by atoms with Crippen LogP contribution in [0.1, 0.15) is 26.3 Å². The lowest BCUT2D eigenvalue weighted by Gasteiger charge is -2.18. The highest BCUT2D eigenvalue weighted by Gasteiger charge is 2.18. The first-order chi connectivity index (χ1) is 14.7. The van der Waals surface area contributed by atoms with Crippen LogP contribution in [0.5, 0.6) is 11.6 Å². The molecule has 0 aliphatic carbocycles. The van der Waals surface area contributed by atoms with Gasteiger partial charge in [-0.25, -0.2) is 9.78 Å². The van der Waals surface area contributed by atoms with Crippen molar-refractivity contribution in [2.45, 2.75) is 27.3 Å². The number of rotatable bonds is 4. The molecule has 0 saturated heterocycles. The van der Waals surface area contributed by atoms with Gasteiger partial charge in [0.05, 0.1) is 22.7 Å². The maximum Gasteiger partial charge on any atom is 0.328 e. The van der Waals surface area contributed by atoms with Gasteiger partial charge in [-0.15, -0.1) is 0 Å². The van der Waals surface area contributed by atoms with Gasteiger partial charge in [-0.05, 0) is 59.0 Å². The van der Waals surface area contributed by atoms with E-state index >= 15 is 0 Å². The molecule has 0 aliphatic rings. The molecule has 6 nitrogen and oxygen atoms in total. The summed E-state index contributed by atoms with van der Waals surface area (Å²) in [5, 5.41) is 8.92. The van der Waals surface area contributed by atoms with E-state index < -0.39 is 0 Å². The second kappa shape index (κ2) is 7.77. The number of aromatic nitrogens is 3. The minimum Gasteiger partial charge on any atom is -0.439 e. The van der Waals surface area contributed by atoms with Crippen molar-refractivity contribution in [3.8, 4) is 28.8 Å². The SMILES string of the molecule is Cn1c(=O)n(CC(C)(C)C)c2ccc(-c3ccnc(Oc4ccc(C#N)cc4)c3)cc21. The van der Waals surface area contributed by atoms with Crippen molar-refractivity contribution in [3.63, 3.8) is 0 Å². The third kappa shape index (κ3) is 4.22. The molecule has 4 aromatic rings. The summed E-state index contributed by atoms with van der Waals surface area (Å²) in [4.78, 5) is 17.1. The lowest BCUT2D eigenvalue weighted by Crippen LogP contribution is -2.27. The molecule has 0 atom stereocenters. The maximum atomic E-state index is 12.8. The summed E-state index contributed by atoms with van der Waals surface area (Å²) < 4.78 is 9.38. The van der Waals surface area contributed by atoms with Gasteiger partial charge in [-0.1, -0.05) is 26.8 Å². The summed E-state index contributed by atoms with van der Waals surface area (Å²) in [6, 6.07) is 18.8. The summed E-state index contributed by atoms with van der Waals surface area (Å²) in [5.41, 5.74) is 4.29. The third-order valence-electron chi connectivity index (χ3n) is 5.05. The summed E-state index contributed by atoms with van der Waals surface area (Å²) in [7, 11) is 1.81. The summed E-state index contributed by atoms with van der Waals surface area (Å²) >= 11 is 0. The fraction of sp³-hybridized carbons (Fsp3) is 0.240. The Kier molecular flexibility index (Phi) is 5.12. The van der Waals surface area contributed by atoms with Crippen molar-refractivity contribution in [3.05, 3.63) is 76.8 Å². The highest BCUT2D eigenvalue weighted by Crippen LogP contribution is 2.28. The Balaban J connectivity index is 1.69. The lowest BCUT2D eigenvalue weighted by atomic mass is 9.97. The lowest BCUT2D eigenvalue weighted by molar-refractivity contribution is 0.342. The van der Waals surface area contributed by atoms with Crippen LogP contribution < -0.4 is 10.4 Å². The second-order valence-electron chi connectivity index (χ2n) is 8.81. The molecule has 156 valence electrons. The molecule has 31 heavy (non-hydrogen) atoms.